The number of benzene rings is 2. The molecule has 8 heteroatoms. The van der Waals surface area contributed by atoms with Crippen molar-refractivity contribution in [2.75, 3.05) is 20.4 Å². The van der Waals surface area contributed by atoms with E-state index in [1.54, 1.807) is 13.1 Å². The minimum atomic E-state index is -2.93. The molecule has 2 aromatic rings. The standard InChI is InChI=1S/C20H23F2N3O3/c1-13-4-3-5-14(8-13)6-7-24-20(23-2)25-11-15-9-17-18(27-12-26-17)10-16(15)28-19(21)22/h3-5,8-10,19H,6-7,11-12H2,1-2H3,(H2,23,24,25). The third kappa shape index (κ3) is 5.25. The Morgan fingerprint density at radius 3 is 2.68 bits per heavy atom. The average Bonchev–Trinajstić information content (AvgIpc) is 3.11. The minimum Gasteiger partial charge on any atom is -0.454 e. The van der Waals surface area contributed by atoms with Crippen molar-refractivity contribution in [3.05, 3.63) is 53.1 Å². The summed E-state index contributed by atoms with van der Waals surface area (Å²) in [5, 5.41) is 6.32. The Labute approximate surface area is 162 Å². The number of halogens is 2. The van der Waals surface area contributed by atoms with E-state index in [1.807, 2.05) is 6.07 Å². The van der Waals surface area contributed by atoms with E-state index in [1.165, 1.54) is 17.2 Å². The van der Waals surface area contributed by atoms with E-state index in [9.17, 15) is 8.78 Å². The van der Waals surface area contributed by atoms with Crippen LogP contribution in [0.1, 0.15) is 16.7 Å². The van der Waals surface area contributed by atoms with Crippen molar-refractivity contribution in [1.82, 2.24) is 10.6 Å². The van der Waals surface area contributed by atoms with Crippen molar-refractivity contribution in [2.24, 2.45) is 4.99 Å². The van der Waals surface area contributed by atoms with E-state index in [2.05, 4.69) is 45.5 Å². The number of hydrogen-bond donors (Lipinski definition) is 2. The van der Waals surface area contributed by atoms with Crippen LogP contribution in [-0.2, 0) is 13.0 Å². The zero-order valence-electron chi connectivity index (χ0n) is 15.8. The van der Waals surface area contributed by atoms with Crippen LogP contribution < -0.4 is 24.8 Å². The van der Waals surface area contributed by atoms with Crippen molar-refractivity contribution < 1.29 is 23.0 Å². The summed E-state index contributed by atoms with van der Waals surface area (Å²) in [7, 11) is 1.65. The highest BCUT2D eigenvalue weighted by atomic mass is 19.3. The second-order valence-corrected chi connectivity index (χ2v) is 6.28. The maximum Gasteiger partial charge on any atom is 0.387 e. The number of hydrogen-bond acceptors (Lipinski definition) is 4. The van der Waals surface area contributed by atoms with E-state index in [0.717, 1.165) is 6.42 Å². The molecule has 0 unspecified atom stereocenters. The van der Waals surface area contributed by atoms with Crippen LogP contribution in [0.25, 0.3) is 0 Å². The van der Waals surface area contributed by atoms with Gasteiger partial charge in [-0.1, -0.05) is 29.8 Å². The van der Waals surface area contributed by atoms with E-state index < -0.39 is 6.61 Å². The molecule has 0 amide bonds. The first kappa shape index (κ1) is 19.7. The lowest BCUT2D eigenvalue weighted by Crippen LogP contribution is -2.38. The van der Waals surface area contributed by atoms with Gasteiger partial charge >= 0.3 is 6.61 Å². The van der Waals surface area contributed by atoms with Crippen molar-refractivity contribution in [3.63, 3.8) is 0 Å². The molecular weight excluding hydrogens is 368 g/mol. The van der Waals surface area contributed by atoms with Crippen molar-refractivity contribution >= 4 is 5.96 Å². The first-order valence-corrected chi connectivity index (χ1v) is 8.92. The smallest absolute Gasteiger partial charge is 0.387 e. The van der Waals surface area contributed by atoms with E-state index in [-0.39, 0.29) is 19.1 Å². The molecule has 1 aliphatic heterocycles. The molecule has 0 spiro atoms. The Kier molecular flexibility index (Phi) is 6.52. The average molecular weight is 391 g/mol. The zero-order valence-corrected chi connectivity index (χ0v) is 15.8. The Hall–Kier alpha value is -3.03. The number of rotatable bonds is 7. The molecule has 0 atom stereocenters. The summed E-state index contributed by atoms with van der Waals surface area (Å²) < 4.78 is 40.6. The van der Waals surface area contributed by atoms with Gasteiger partial charge in [0.15, 0.2) is 17.5 Å². The summed E-state index contributed by atoms with van der Waals surface area (Å²) in [5.74, 6) is 1.50. The van der Waals surface area contributed by atoms with Gasteiger partial charge < -0.3 is 24.8 Å². The first-order valence-electron chi connectivity index (χ1n) is 8.92. The van der Waals surface area contributed by atoms with Gasteiger partial charge in [-0.25, -0.2) is 0 Å². The van der Waals surface area contributed by atoms with Crippen LogP contribution in [0.3, 0.4) is 0 Å². The number of alkyl halides is 2. The van der Waals surface area contributed by atoms with E-state index in [4.69, 9.17) is 9.47 Å². The fraction of sp³-hybridized carbons (Fsp3) is 0.350. The largest absolute Gasteiger partial charge is 0.454 e. The summed E-state index contributed by atoms with van der Waals surface area (Å²) in [6, 6.07) is 11.3. The normalized spacial score (nSPS) is 13.0. The second-order valence-electron chi connectivity index (χ2n) is 6.28. The molecule has 0 saturated heterocycles. The summed E-state index contributed by atoms with van der Waals surface area (Å²) in [5.41, 5.74) is 2.96. The second kappa shape index (κ2) is 9.25. The summed E-state index contributed by atoms with van der Waals surface area (Å²) >= 11 is 0. The highest BCUT2D eigenvalue weighted by Crippen LogP contribution is 2.38. The first-order chi connectivity index (χ1) is 13.5. The molecule has 150 valence electrons. The SMILES string of the molecule is CN=C(NCCc1cccc(C)c1)NCc1cc2c(cc1OC(F)F)OCO2. The van der Waals surface area contributed by atoms with Crippen molar-refractivity contribution in [1.29, 1.82) is 0 Å². The van der Waals surface area contributed by atoms with Crippen LogP contribution in [0.5, 0.6) is 17.2 Å². The van der Waals surface area contributed by atoms with Crippen molar-refractivity contribution in [3.8, 4) is 17.2 Å². The van der Waals surface area contributed by atoms with Gasteiger partial charge in [0.2, 0.25) is 6.79 Å². The van der Waals surface area contributed by atoms with Gasteiger partial charge in [0, 0.05) is 31.8 Å². The molecule has 0 aliphatic carbocycles. The van der Waals surface area contributed by atoms with Gasteiger partial charge in [0.25, 0.3) is 0 Å². The third-order valence-electron chi connectivity index (χ3n) is 4.23. The number of guanidine groups is 1. The highest BCUT2D eigenvalue weighted by molar-refractivity contribution is 5.79. The number of nitrogens with zero attached hydrogens (tertiary/aromatic N) is 1. The molecule has 1 heterocycles. The van der Waals surface area contributed by atoms with Gasteiger partial charge in [-0.3, -0.25) is 4.99 Å². The monoisotopic (exact) mass is 391 g/mol. The van der Waals surface area contributed by atoms with E-state index >= 15 is 0 Å². The quantitative estimate of drug-likeness (QED) is 0.561. The third-order valence-corrected chi connectivity index (χ3v) is 4.23. The lowest BCUT2D eigenvalue weighted by Gasteiger charge is -2.15. The van der Waals surface area contributed by atoms with Gasteiger partial charge in [-0.2, -0.15) is 8.78 Å². The molecule has 28 heavy (non-hydrogen) atoms. The van der Waals surface area contributed by atoms with Gasteiger partial charge in [0.1, 0.15) is 5.75 Å². The number of fused-ring (bicyclic) bond motifs is 1. The number of nitrogens with one attached hydrogen (secondary N) is 2. The zero-order chi connectivity index (χ0) is 19.9. The van der Waals surface area contributed by atoms with Crippen LogP contribution in [0.4, 0.5) is 8.78 Å². The van der Waals surface area contributed by atoms with Crippen molar-refractivity contribution in [2.45, 2.75) is 26.5 Å². The van der Waals surface area contributed by atoms with Gasteiger partial charge in [0.05, 0.1) is 0 Å². The predicted octanol–water partition coefficient (Wildman–Crippen LogP) is 3.23. The molecule has 0 saturated carbocycles. The maximum absolute atomic E-state index is 12.7. The fourth-order valence-electron chi connectivity index (χ4n) is 2.90. The van der Waals surface area contributed by atoms with Crippen LogP contribution in [0.2, 0.25) is 0 Å². The Bertz CT molecular complexity index is 843. The van der Waals surface area contributed by atoms with Crippen LogP contribution >= 0.6 is 0 Å². The molecule has 0 bridgehead atoms. The fourth-order valence-corrected chi connectivity index (χ4v) is 2.90. The molecule has 2 aromatic carbocycles. The summed E-state index contributed by atoms with van der Waals surface area (Å²) in [6.07, 6.45) is 0.839. The molecule has 0 fully saturated rings. The van der Waals surface area contributed by atoms with Crippen LogP contribution in [0, 0.1) is 6.92 Å². The summed E-state index contributed by atoms with van der Waals surface area (Å²) in [6.45, 7) is 0.114. The van der Waals surface area contributed by atoms with E-state index in [0.29, 0.717) is 29.6 Å². The molecule has 1 aliphatic rings. The summed E-state index contributed by atoms with van der Waals surface area (Å²) in [4.78, 5) is 4.16. The topological polar surface area (TPSA) is 64.1 Å². The molecule has 3 rings (SSSR count). The molecular formula is C20H23F2N3O3. The Morgan fingerprint density at radius 1 is 1.18 bits per heavy atom. The Morgan fingerprint density at radius 2 is 1.96 bits per heavy atom. The lowest BCUT2D eigenvalue weighted by molar-refractivity contribution is -0.0505. The number of aliphatic imine (C=N–C) groups is 1. The highest BCUT2D eigenvalue weighted by Gasteiger charge is 2.20. The van der Waals surface area contributed by atoms with Crippen LogP contribution in [-0.4, -0.2) is 33.0 Å². The number of aryl methyl sites for hydroxylation is 1. The molecule has 0 aromatic heterocycles. The number of ether oxygens (including phenoxy) is 3. The predicted molar refractivity (Wildman–Crippen MR) is 102 cm³/mol. The van der Waals surface area contributed by atoms with Crippen LogP contribution in [0.15, 0.2) is 41.4 Å². The van der Waals surface area contributed by atoms with Gasteiger partial charge in [-0.05, 0) is 25.0 Å². The Balaban J connectivity index is 1.58. The molecule has 6 nitrogen and oxygen atoms in total. The molecule has 2 N–H and O–H groups in total. The minimum absolute atomic E-state index is 0.0435. The van der Waals surface area contributed by atoms with Gasteiger partial charge in [-0.15, -0.1) is 0 Å². The maximum atomic E-state index is 12.7. The molecule has 0 radical (unpaired) electrons. The lowest BCUT2D eigenvalue weighted by atomic mass is 10.1.